The first-order valence-corrected chi connectivity index (χ1v) is 4.69. The van der Waals surface area contributed by atoms with E-state index >= 15 is 0 Å². The van der Waals surface area contributed by atoms with Gasteiger partial charge in [-0.3, -0.25) is 0 Å². The molecule has 0 radical (unpaired) electrons. The summed E-state index contributed by atoms with van der Waals surface area (Å²) in [5, 5.41) is 0. The van der Waals surface area contributed by atoms with E-state index in [4.69, 9.17) is 0 Å². The van der Waals surface area contributed by atoms with Gasteiger partial charge in [-0.2, -0.15) is 17.8 Å². The Hall–Kier alpha value is 1.00. The van der Waals surface area contributed by atoms with Crippen molar-refractivity contribution in [2.24, 2.45) is 17.8 Å². The molecule has 0 unspecified atom stereocenters. The van der Waals surface area contributed by atoms with Crippen molar-refractivity contribution in [2.75, 3.05) is 0 Å². The summed E-state index contributed by atoms with van der Waals surface area (Å²) in [6, 6.07) is 0. The third-order valence-corrected chi connectivity index (χ3v) is 0. The van der Waals surface area contributed by atoms with Gasteiger partial charge >= 0.3 is 21.7 Å². The largest absolute Gasteiger partial charge is 4.00 e. The normalized spacial score (nSPS) is 7.71. The maximum atomic E-state index is 3.64. The van der Waals surface area contributed by atoms with Crippen molar-refractivity contribution in [1.82, 2.24) is 0 Å². The van der Waals surface area contributed by atoms with Crippen LogP contribution in [-0.4, -0.2) is 0 Å². The molecule has 0 saturated carbocycles. The molecule has 0 aromatic carbocycles. The van der Waals surface area contributed by atoms with Gasteiger partial charge in [-0.25, -0.2) is 0 Å². The van der Waals surface area contributed by atoms with Crippen LogP contribution in [0.5, 0.6) is 0 Å². The van der Waals surface area contributed by atoms with Gasteiger partial charge in [0.15, 0.2) is 0 Å². The third kappa shape index (κ3) is 1860. The Morgan fingerprint density at radius 3 is 0.571 bits per heavy atom. The summed E-state index contributed by atoms with van der Waals surface area (Å²) < 4.78 is 0. The van der Waals surface area contributed by atoms with Gasteiger partial charge in [0.05, 0.1) is 0 Å². The predicted molar refractivity (Wildman–Crippen MR) is 60.6 cm³/mol. The molecule has 2 heteroatoms. The van der Waals surface area contributed by atoms with Crippen LogP contribution in [0.25, 0.3) is 0 Å². The molecule has 0 aromatic rings. The molecule has 0 amide bonds. The second kappa shape index (κ2) is 23.7. The topological polar surface area (TPSA) is 0 Å². The smallest absolute Gasteiger partial charge is 1.00 e. The summed E-state index contributed by atoms with van der Waals surface area (Å²) in [7, 11) is 0. The SMILES string of the molecule is [CH2-]C(C)C.[CH2-]C(C)C.[CH2-]C(C)C.[Cl-].[Ti+4]. The van der Waals surface area contributed by atoms with Crippen LogP contribution in [-0.2, 0) is 21.7 Å². The molecule has 0 fully saturated rings. The van der Waals surface area contributed by atoms with Gasteiger partial charge < -0.3 is 33.2 Å². The standard InChI is InChI=1S/3C4H9.ClH.Ti/c3*1-4(2)3;;/h3*4H,1H2,2-3H3;1H;/q3*-1;;+4/p-1. The average Bonchev–Trinajstić information content (AvgIpc) is 1.54. The minimum Gasteiger partial charge on any atom is -1.00 e. The van der Waals surface area contributed by atoms with Crippen molar-refractivity contribution in [3.8, 4) is 0 Å². The van der Waals surface area contributed by atoms with Crippen molar-refractivity contribution in [3.63, 3.8) is 0 Å². The molecule has 0 atom stereocenters. The molecule has 0 spiro atoms. The Balaban J connectivity index is -0.0000000270. The second-order valence-corrected chi connectivity index (χ2v) is 4.18. The molecule has 0 aliphatic carbocycles. The third-order valence-electron chi connectivity index (χ3n) is 0. The van der Waals surface area contributed by atoms with Gasteiger partial charge in [0, 0.05) is 0 Å². The van der Waals surface area contributed by atoms with E-state index in [0.29, 0.717) is 17.8 Å². The minimum atomic E-state index is 0. The molecule has 0 nitrogen and oxygen atoms in total. The Morgan fingerprint density at radius 1 is 0.571 bits per heavy atom. The molecular weight excluding hydrogens is 227 g/mol. The molecule has 0 bridgehead atoms. The Kier molecular flexibility index (Phi) is 49.7. The Bertz CT molecular complexity index is 38.8. The summed E-state index contributed by atoms with van der Waals surface area (Å²) in [5.74, 6) is 1.75. The summed E-state index contributed by atoms with van der Waals surface area (Å²) in [5.41, 5.74) is 0. The monoisotopic (exact) mass is 254 g/mol. The maximum Gasteiger partial charge on any atom is 4.00 e. The van der Waals surface area contributed by atoms with E-state index in [1.807, 2.05) is 0 Å². The van der Waals surface area contributed by atoms with Gasteiger partial charge in [-0.15, -0.1) is 0 Å². The van der Waals surface area contributed by atoms with Crippen LogP contribution >= 0.6 is 0 Å². The predicted octanol–water partition coefficient (Wildman–Crippen LogP) is 1.43. The van der Waals surface area contributed by atoms with Gasteiger partial charge in [-0.05, 0) is 0 Å². The summed E-state index contributed by atoms with van der Waals surface area (Å²) in [4.78, 5) is 0. The van der Waals surface area contributed by atoms with Crippen LogP contribution in [0.3, 0.4) is 0 Å². The number of rotatable bonds is 0. The summed E-state index contributed by atoms with van der Waals surface area (Å²) in [6.45, 7) is 23.2. The average molecular weight is 255 g/mol. The van der Waals surface area contributed by atoms with Crippen LogP contribution in [0.15, 0.2) is 0 Å². The molecule has 0 saturated heterocycles. The van der Waals surface area contributed by atoms with Crippen molar-refractivity contribution >= 4 is 0 Å². The van der Waals surface area contributed by atoms with Gasteiger partial charge in [0.1, 0.15) is 0 Å². The second-order valence-electron chi connectivity index (χ2n) is 4.18. The van der Waals surface area contributed by atoms with Crippen LogP contribution in [0.1, 0.15) is 41.5 Å². The van der Waals surface area contributed by atoms with Gasteiger partial charge in [0.25, 0.3) is 0 Å². The zero-order valence-corrected chi connectivity index (χ0v) is 13.0. The first-order chi connectivity index (χ1) is 5.20. The molecule has 0 aliphatic rings. The Labute approximate surface area is 114 Å². The summed E-state index contributed by atoms with van der Waals surface area (Å²) in [6.07, 6.45) is 0. The van der Waals surface area contributed by atoms with E-state index in [2.05, 4.69) is 62.3 Å². The van der Waals surface area contributed by atoms with E-state index in [0.717, 1.165) is 0 Å². The molecule has 86 valence electrons. The summed E-state index contributed by atoms with van der Waals surface area (Å²) >= 11 is 0. The maximum absolute atomic E-state index is 3.64. The van der Waals surface area contributed by atoms with E-state index in [9.17, 15) is 0 Å². The van der Waals surface area contributed by atoms with E-state index in [1.165, 1.54) is 0 Å². The van der Waals surface area contributed by atoms with Crippen molar-refractivity contribution in [2.45, 2.75) is 41.5 Å². The van der Waals surface area contributed by atoms with Crippen LogP contribution in [0.2, 0.25) is 0 Å². The fraction of sp³-hybridized carbons (Fsp3) is 0.750. The van der Waals surface area contributed by atoms with E-state index in [1.54, 1.807) is 0 Å². The van der Waals surface area contributed by atoms with Crippen molar-refractivity contribution in [1.29, 1.82) is 0 Å². The zero-order valence-electron chi connectivity index (χ0n) is 10.7. The molecule has 0 aliphatic heterocycles. The Morgan fingerprint density at radius 2 is 0.571 bits per heavy atom. The number of hydrogen-bond donors (Lipinski definition) is 0. The fourth-order valence-electron chi connectivity index (χ4n) is 0. The molecule has 0 heterocycles. The van der Waals surface area contributed by atoms with Gasteiger partial charge in [0.2, 0.25) is 0 Å². The van der Waals surface area contributed by atoms with Crippen molar-refractivity contribution < 1.29 is 34.1 Å². The molecule has 14 heavy (non-hydrogen) atoms. The molecule has 0 N–H and O–H groups in total. The first kappa shape index (κ1) is 29.4. The van der Waals surface area contributed by atoms with E-state index in [-0.39, 0.29) is 34.1 Å². The van der Waals surface area contributed by atoms with Crippen LogP contribution < -0.4 is 12.4 Å². The first-order valence-electron chi connectivity index (χ1n) is 4.69. The fourth-order valence-corrected chi connectivity index (χ4v) is 0. The van der Waals surface area contributed by atoms with Crippen molar-refractivity contribution in [3.05, 3.63) is 20.8 Å². The van der Waals surface area contributed by atoms with Crippen LogP contribution in [0, 0.1) is 38.5 Å². The molecule has 0 aromatic heterocycles. The minimum absolute atomic E-state index is 0. The van der Waals surface area contributed by atoms with Gasteiger partial charge in [-0.1, -0.05) is 41.5 Å². The zero-order chi connectivity index (χ0) is 10.7. The number of halogens is 1. The van der Waals surface area contributed by atoms with E-state index < -0.39 is 0 Å². The quantitative estimate of drug-likeness (QED) is 0.453. The number of hydrogen-bond acceptors (Lipinski definition) is 0. The molecular formula is C12H27ClTi. The van der Waals surface area contributed by atoms with Crippen LogP contribution in [0.4, 0.5) is 0 Å². The molecule has 0 rings (SSSR count).